The first-order valence-corrected chi connectivity index (χ1v) is 13.1. The summed E-state index contributed by atoms with van der Waals surface area (Å²) in [6.45, 7) is -0.0975. The smallest absolute Gasteiger partial charge is 0.353 e. The van der Waals surface area contributed by atoms with E-state index in [1.807, 2.05) is 30.3 Å². The van der Waals surface area contributed by atoms with E-state index in [4.69, 9.17) is 18.9 Å². The molecule has 1 unspecified atom stereocenters. The largest absolute Gasteiger partial charge is 0.493 e. The number of methoxy groups -OCH3 is 2. The van der Waals surface area contributed by atoms with Crippen molar-refractivity contribution >= 4 is 21.6 Å². The van der Waals surface area contributed by atoms with Gasteiger partial charge in [0.25, 0.3) is 10.0 Å². The van der Waals surface area contributed by atoms with Crippen LogP contribution >= 0.6 is 0 Å². The lowest BCUT2D eigenvalue weighted by atomic mass is 9.94. The molecule has 1 N–H and O–H groups in total. The van der Waals surface area contributed by atoms with Crippen LogP contribution < -0.4 is 9.47 Å². The minimum atomic E-state index is -4.34. The zero-order chi connectivity index (χ0) is 26.9. The summed E-state index contributed by atoms with van der Waals surface area (Å²) in [7, 11) is -1.37. The van der Waals surface area contributed by atoms with E-state index in [2.05, 4.69) is 0 Å². The number of carbonyl (C=O) groups is 1. The summed E-state index contributed by atoms with van der Waals surface area (Å²) >= 11 is 0. The molecule has 0 aliphatic carbocycles. The molecule has 2 aliphatic heterocycles. The van der Waals surface area contributed by atoms with Crippen molar-refractivity contribution in [2.45, 2.75) is 17.4 Å². The first-order valence-electron chi connectivity index (χ1n) is 11.7. The SMILES string of the molecule is COc1ccc(C2=C(C(=O)O)N(C(Cc3ccccc3)C3=COCO3)S(=O)(=O)c3ccccc32)cc1OC. The van der Waals surface area contributed by atoms with E-state index < -0.39 is 27.7 Å². The number of sulfonamides is 1. The van der Waals surface area contributed by atoms with Crippen molar-refractivity contribution in [1.82, 2.24) is 4.31 Å². The average molecular weight is 536 g/mol. The molecule has 2 heterocycles. The molecule has 0 radical (unpaired) electrons. The lowest BCUT2D eigenvalue weighted by Crippen LogP contribution is -2.46. The number of carboxylic acid groups (broad SMARTS) is 1. The molecule has 3 aromatic rings. The third-order valence-electron chi connectivity index (χ3n) is 6.40. The van der Waals surface area contributed by atoms with E-state index in [1.54, 1.807) is 36.4 Å². The van der Waals surface area contributed by atoms with Gasteiger partial charge in [-0.3, -0.25) is 0 Å². The predicted octanol–water partition coefficient (Wildman–Crippen LogP) is 4.01. The third-order valence-corrected chi connectivity index (χ3v) is 8.27. The molecule has 10 heteroatoms. The Morgan fingerprint density at radius 1 is 1.00 bits per heavy atom. The molecule has 0 fully saturated rings. The van der Waals surface area contributed by atoms with Crippen molar-refractivity contribution in [3.05, 3.63) is 107 Å². The minimum absolute atomic E-state index is 0.0210. The summed E-state index contributed by atoms with van der Waals surface area (Å²) in [6, 6.07) is 19.4. The van der Waals surface area contributed by atoms with Gasteiger partial charge in [0.1, 0.15) is 18.0 Å². The summed E-state index contributed by atoms with van der Waals surface area (Å²) in [4.78, 5) is 13.0. The molecule has 196 valence electrons. The van der Waals surface area contributed by atoms with Gasteiger partial charge in [-0.2, -0.15) is 0 Å². The second-order valence-corrected chi connectivity index (χ2v) is 10.3. The van der Waals surface area contributed by atoms with E-state index in [0.717, 1.165) is 9.87 Å². The van der Waals surface area contributed by atoms with Crippen LogP contribution in [0.3, 0.4) is 0 Å². The van der Waals surface area contributed by atoms with Gasteiger partial charge in [-0.05, 0) is 29.3 Å². The molecule has 0 saturated carbocycles. The summed E-state index contributed by atoms with van der Waals surface area (Å²) in [5.74, 6) is -0.380. The van der Waals surface area contributed by atoms with Crippen molar-refractivity contribution in [3.8, 4) is 11.5 Å². The number of nitrogens with zero attached hydrogens (tertiary/aromatic N) is 1. The van der Waals surface area contributed by atoms with E-state index in [0.29, 0.717) is 17.1 Å². The van der Waals surface area contributed by atoms with E-state index in [1.165, 1.54) is 26.5 Å². The Balaban J connectivity index is 1.81. The van der Waals surface area contributed by atoms with Crippen LogP contribution in [0.2, 0.25) is 0 Å². The Morgan fingerprint density at radius 3 is 2.37 bits per heavy atom. The van der Waals surface area contributed by atoms with Gasteiger partial charge in [0.2, 0.25) is 6.79 Å². The van der Waals surface area contributed by atoms with Crippen LogP contribution in [0.4, 0.5) is 0 Å². The fourth-order valence-electron chi connectivity index (χ4n) is 4.73. The number of carboxylic acids is 1. The molecular weight excluding hydrogens is 510 g/mol. The standard InChI is InChI=1S/C28H25NO8S/c1-34-22-13-12-19(15-23(22)35-2)26-20-10-6-7-11-25(20)38(32,33)29(27(26)28(30)31)21(24-16-36-17-37-24)14-18-8-4-3-5-9-18/h3-13,15-16,21H,14,17H2,1-2H3,(H,30,31). The second-order valence-electron chi connectivity index (χ2n) is 8.55. The average Bonchev–Trinajstić information content (AvgIpc) is 3.47. The van der Waals surface area contributed by atoms with Crippen molar-refractivity contribution in [1.29, 1.82) is 0 Å². The molecule has 0 amide bonds. The van der Waals surface area contributed by atoms with Crippen LogP contribution in [0, 0.1) is 0 Å². The maximum absolute atomic E-state index is 14.2. The Bertz CT molecular complexity index is 1550. The highest BCUT2D eigenvalue weighted by molar-refractivity contribution is 7.89. The van der Waals surface area contributed by atoms with Gasteiger partial charge >= 0.3 is 5.97 Å². The van der Waals surface area contributed by atoms with Gasteiger partial charge < -0.3 is 24.1 Å². The second kappa shape index (κ2) is 10.1. The van der Waals surface area contributed by atoms with Crippen LogP contribution in [0.15, 0.2) is 95.4 Å². The first-order chi connectivity index (χ1) is 18.4. The molecule has 38 heavy (non-hydrogen) atoms. The zero-order valence-corrected chi connectivity index (χ0v) is 21.5. The zero-order valence-electron chi connectivity index (χ0n) is 20.7. The highest BCUT2D eigenvalue weighted by Crippen LogP contribution is 2.44. The van der Waals surface area contributed by atoms with Gasteiger partial charge in [0.05, 0.1) is 19.1 Å². The highest BCUT2D eigenvalue weighted by Gasteiger charge is 2.46. The van der Waals surface area contributed by atoms with Gasteiger partial charge in [-0.1, -0.05) is 54.6 Å². The summed E-state index contributed by atoms with van der Waals surface area (Å²) in [6.07, 6.45) is 1.48. The molecular formula is C28H25NO8S. The van der Waals surface area contributed by atoms with Gasteiger partial charge in [0, 0.05) is 17.6 Å². The maximum Gasteiger partial charge on any atom is 0.353 e. The molecule has 2 aliphatic rings. The topological polar surface area (TPSA) is 112 Å². The molecule has 0 saturated heterocycles. The predicted molar refractivity (Wildman–Crippen MR) is 138 cm³/mol. The Hall–Kier alpha value is -4.44. The first kappa shape index (κ1) is 25.2. The fourth-order valence-corrected chi connectivity index (χ4v) is 6.57. The number of benzene rings is 3. The normalized spacial score (nSPS) is 16.6. The Morgan fingerprint density at radius 2 is 1.71 bits per heavy atom. The van der Waals surface area contributed by atoms with Crippen LogP contribution in [0.5, 0.6) is 11.5 Å². The van der Waals surface area contributed by atoms with Crippen LogP contribution in [0.25, 0.3) is 5.57 Å². The fraction of sp³-hybridized carbons (Fsp3) is 0.179. The van der Waals surface area contributed by atoms with Crippen LogP contribution in [0.1, 0.15) is 16.7 Å². The maximum atomic E-state index is 14.2. The van der Waals surface area contributed by atoms with E-state index in [-0.39, 0.29) is 35.0 Å². The number of rotatable bonds is 8. The number of hydrogen-bond acceptors (Lipinski definition) is 7. The summed E-state index contributed by atoms with van der Waals surface area (Å²) in [5, 5.41) is 10.6. The van der Waals surface area contributed by atoms with E-state index in [9.17, 15) is 18.3 Å². The number of fused-ring (bicyclic) bond motifs is 1. The van der Waals surface area contributed by atoms with Gasteiger partial charge in [-0.25, -0.2) is 17.5 Å². The highest BCUT2D eigenvalue weighted by atomic mass is 32.2. The minimum Gasteiger partial charge on any atom is -0.493 e. The van der Waals surface area contributed by atoms with Gasteiger partial charge in [0.15, 0.2) is 17.3 Å². The lowest BCUT2D eigenvalue weighted by molar-refractivity contribution is -0.134. The third kappa shape index (κ3) is 4.32. The molecule has 0 aromatic heterocycles. The van der Waals surface area contributed by atoms with Crippen molar-refractivity contribution < 1.29 is 37.3 Å². The van der Waals surface area contributed by atoms with E-state index >= 15 is 0 Å². The molecule has 3 aromatic carbocycles. The molecule has 0 spiro atoms. The van der Waals surface area contributed by atoms with Crippen molar-refractivity contribution in [2.75, 3.05) is 21.0 Å². The number of aliphatic carboxylic acids is 1. The lowest BCUT2D eigenvalue weighted by Gasteiger charge is -2.37. The monoisotopic (exact) mass is 535 g/mol. The van der Waals surface area contributed by atoms with Crippen LogP contribution in [-0.2, 0) is 30.7 Å². The Kier molecular flexibility index (Phi) is 6.73. The van der Waals surface area contributed by atoms with Crippen molar-refractivity contribution in [2.24, 2.45) is 0 Å². The molecule has 5 rings (SSSR count). The van der Waals surface area contributed by atoms with Crippen LogP contribution in [-0.4, -0.2) is 50.9 Å². The number of hydrogen-bond donors (Lipinski definition) is 1. The molecule has 1 atom stereocenters. The van der Waals surface area contributed by atoms with Gasteiger partial charge in [-0.15, -0.1) is 0 Å². The molecule has 9 nitrogen and oxygen atoms in total. The quantitative estimate of drug-likeness (QED) is 0.461. The Labute approximate surface area is 220 Å². The molecule has 0 bridgehead atoms. The summed E-state index contributed by atoms with van der Waals surface area (Å²) < 4.78 is 51.0. The van der Waals surface area contributed by atoms with Crippen molar-refractivity contribution in [3.63, 3.8) is 0 Å². The summed E-state index contributed by atoms with van der Waals surface area (Å²) in [5.41, 5.74) is 1.32. The number of ether oxygens (including phenoxy) is 4.